The predicted molar refractivity (Wildman–Crippen MR) is 79.4 cm³/mol. The highest BCUT2D eigenvalue weighted by molar-refractivity contribution is 9.09. The maximum absolute atomic E-state index is 5.93. The molecule has 1 aromatic rings. The summed E-state index contributed by atoms with van der Waals surface area (Å²) in [5, 5.41) is 0.809. The molecule has 2 nitrogen and oxygen atoms in total. The average Bonchev–Trinajstić information content (AvgIpc) is 2.36. The maximum Gasteiger partial charge on any atom is 0.0921 e. The van der Waals surface area contributed by atoms with Gasteiger partial charge in [0.15, 0.2) is 0 Å². The zero-order valence-corrected chi connectivity index (χ0v) is 13.3. The van der Waals surface area contributed by atoms with E-state index >= 15 is 0 Å². The van der Waals surface area contributed by atoms with Gasteiger partial charge < -0.3 is 9.47 Å². The Hall–Kier alpha value is -0.380. The van der Waals surface area contributed by atoms with Gasteiger partial charge in [0.05, 0.1) is 18.3 Å². The minimum Gasteiger partial charge on any atom is -0.379 e. The molecule has 0 aliphatic heterocycles. The first-order valence-electron chi connectivity index (χ1n) is 6.28. The van der Waals surface area contributed by atoms with E-state index in [1.165, 1.54) is 11.1 Å². The van der Waals surface area contributed by atoms with Gasteiger partial charge in [0.2, 0.25) is 0 Å². The molecular weight excluding hydrogens is 292 g/mol. The largest absolute Gasteiger partial charge is 0.379 e. The fraction of sp³-hybridized carbons (Fsp3) is 0.600. The number of rotatable bonds is 7. The highest BCUT2D eigenvalue weighted by Crippen LogP contribution is 2.22. The molecular formula is C15H23BrO2. The first kappa shape index (κ1) is 15.7. The molecule has 0 radical (unpaired) electrons. The molecule has 0 fully saturated rings. The van der Waals surface area contributed by atoms with E-state index in [-0.39, 0.29) is 11.7 Å². The first-order valence-corrected chi connectivity index (χ1v) is 7.40. The average molecular weight is 315 g/mol. The molecule has 0 spiro atoms. The second-order valence-corrected chi connectivity index (χ2v) is 5.79. The number of halogens is 1. The third kappa shape index (κ3) is 5.09. The first-order chi connectivity index (χ1) is 8.48. The Morgan fingerprint density at radius 3 is 2.33 bits per heavy atom. The van der Waals surface area contributed by atoms with E-state index < -0.39 is 0 Å². The number of alkyl halides is 1. The van der Waals surface area contributed by atoms with Crippen molar-refractivity contribution in [3.63, 3.8) is 0 Å². The molecule has 1 rings (SSSR count). The fourth-order valence-electron chi connectivity index (χ4n) is 1.56. The SMILES string of the molecule is COC(C)(C)CCOC(CBr)c1ccc(C)cc1. The molecule has 1 aromatic carbocycles. The van der Waals surface area contributed by atoms with Gasteiger partial charge in [0.25, 0.3) is 0 Å². The molecule has 102 valence electrons. The number of benzene rings is 1. The molecule has 0 heterocycles. The standard InChI is InChI=1S/C15H23BrO2/c1-12-5-7-13(8-6-12)14(11-16)18-10-9-15(2,3)17-4/h5-8,14H,9-11H2,1-4H3. The van der Waals surface area contributed by atoms with Crippen LogP contribution >= 0.6 is 15.9 Å². The van der Waals surface area contributed by atoms with Crippen LogP contribution in [-0.4, -0.2) is 24.6 Å². The molecule has 1 atom stereocenters. The monoisotopic (exact) mass is 314 g/mol. The van der Waals surface area contributed by atoms with E-state index in [4.69, 9.17) is 9.47 Å². The van der Waals surface area contributed by atoms with Gasteiger partial charge in [-0.1, -0.05) is 45.8 Å². The van der Waals surface area contributed by atoms with Crippen LogP contribution in [0.25, 0.3) is 0 Å². The Morgan fingerprint density at radius 2 is 1.83 bits per heavy atom. The second kappa shape index (κ2) is 7.27. The van der Waals surface area contributed by atoms with E-state index in [1.807, 2.05) is 0 Å². The number of hydrogen-bond donors (Lipinski definition) is 0. The van der Waals surface area contributed by atoms with Gasteiger partial charge in [0, 0.05) is 12.4 Å². The summed E-state index contributed by atoms with van der Waals surface area (Å²) in [6.07, 6.45) is 0.997. The summed E-state index contributed by atoms with van der Waals surface area (Å²) in [5.41, 5.74) is 2.37. The lowest BCUT2D eigenvalue weighted by atomic mass is 10.1. The van der Waals surface area contributed by atoms with Crippen LogP contribution in [0.3, 0.4) is 0 Å². The van der Waals surface area contributed by atoms with Gasteiger partial charge in [-0.25, -0.2) is 0 Å². The van der Waals surface area contributed by atoms with Crippen molar-refractivity contribution in [1.82, 2.24) is 0 Å². The predicted octanol–water partition coefficient (Wildman–Crippen LogP) is 4.26. The van der Waals surface area contributed by atoms with Crippen molar-refractivity contribution in [2.75, 3.05) is 19.0 Å². The van der Waals surface area contributed by atoms with Crippen LogP contribution < -0.4 is 0 Å². The zero-order valence-electron chi connectivity index (χ0n) is 11.7. The molecule has 0 aliphatic carbocycles. The lowest BCUT2D eigenvalue weighted by Gasteiger charge is -2.24. The van der Waals surface area contributed by atoms with Gasteiger partial charge in [-0.3, -0.25) is 0 Å². The van der Waals surface area contributed by atoms with Crippen molar-refractivity contribution in [1.29, 1.82) is 0 Å². The molecule has 0 N–H and O–H groups in total. The molecule has 0 saturated carbocycles. The second-order valence-electron chi connectivity index (χ2n) is 5.14. The van der Waals surface area contributed by atoms with Gasteiger partial charge in [0.1, 0.15) is 0 Å². The summed E-state index contributed by atoms with van der Waals surface area (Å²) >= 11 is 3.51. The van der Waals surface area contributed by atoms with Crippen LogP contribution in [0, 0.1) is 6.92 Å². The third-order valence-electron chi connectivity index (χ3n) is 3.17. The van der Waals surface area contributed by atoms with Crippen molar-refractivity contribution in [3.05, 3.63) is 35.4 Å². The van der Waals surface area contributed by atoms with E-state index in [0.29, 0.717) is 6.61 Å². The Morgan fingerprint density at radius 1 is 1.22 bits per heavy atom. The maximum atomic E-state index is 5.93. The highest BCUT2D eigenvalue weighted by atomic mass is 79.9. The molecule has 0 saturated heterocycles. The Balaban J connectivity index is 2.50. The number of ether oxygens (including phenoxy) is 2. The molecule has 0 amide bonds. The van der Waals surface area contributed by atoms with Gasteiger partial charge in [-0.05, 0) is 32.8 Å². The topological polar surface area (TPSA) is 18.5 Å². The van der Waals surface area contributed by atoms with Crippen molar-refractivity contribution in [3.8, 4) is 0 Å². The lowest BCUT2D eigenvalue weighted by Crippen LogP contribution is -2.25. The van der Waals surface area contributed by atoms with E-state index in [1.54, 1.807) is 7.11 Å². The summed E-state index contributed by atoms with van der Waals surface area (Å²) in [6.45, 7) is 6.94. The molecule has 0 bridgehead atoms. The summed E-state index contributed by atoms with van der Waals surface area (Å²) in [4.78, 5) is 0. The van der Waals surface area contributed by atoms with Crippen LogP contribution in [0.4, 0.5) is 0 Å². The summed E-state index contributed by atoms with van der Waals surface area (Å²) in [6, 6.07) is 8.49. The van der Waals surface area contributed by atoms with Crippen LogP contribution in [0.1, 0.15) is 37.5 Å². The molecule has 0 aromatic heterocycles. The van der Waals surface area contributed by atoms with Crippen LogP contribution in [-0.2, 0) is 9.47 Å². The Labute approximate surface area is 119 Å². The molecule has 0 aliphatic rings. The quantitative estimate of drug-likeness (QED) is 0.700. The van der Waals surface area contributed by atoms with E-state index in [9.17, 15) is 0 Å². The number of aryl methyl sites for hydroxylation is 1. The minimum absolute atomic E-state index is 0.109. The zero-order chi connectivity index (χ0) is 13.6. The van der Waals surface area contributed by atoms with Gasteiger partial charge >= 0.3 is 0 Å². The summed E-state index contributed by atoms with van der Waals surface area (Å²) in [7, 11) is 1.74. The van der Waals surface area contributed by atoms with Crippen LogP contribution in [0.2, 0.25) is 0 Å². The normalized spacial score (nSPS) is 13.6. The van der Waals surface area contributed by atoms with E-state index in [0.717, 1.165) is 11.8 Å². The Kier molecular flexibility index (Phi) is 6.33. The van der Waals surface area contributed by atoms with Gasteiger partial charge in [-0.2, -0.15) is 0 Å². The summed E-state index contributed by atoms with van der Waals surface area (Å²) < 4.78 is 11.3. The summed E-state index contributed by atoms with van der Waals surface area (Å²) in [5.74, 6) is 0. The smallest absolute Gasteiger partial charge is 0.0921 e. The highest BCUT2D eigenvalue weighted by Gasteiger charge is 2.17. The number of methoxy groups -OCH3 is 1. The lowest BCUT2D eigenvalue weighted by molar-refractivity contribution is -0.0228. The Bertz CT molecular complexity index is 346. The van der Waals surface area contributed by atoms with Crippen molar-refractivity contribution in [2.24, 2.45) is 0 Å². The van der Waals surface area contributed by atoms with Crippen molar-refractivity contribution >= 4 is 15.9 Å². The van der Waals surface area contributed by atoms with Crippen LogP contribution in [0.15, 0.2) is 24.3 Å². The fourth-order valence-corrected chi connectivity index (χ4v) is 2.12. The van der Waals surface area contributed by atoms with Crippen molar-refractivity contribution < 1.29 is 9.47 Å². The molecule has 18 heavy (non-hydrogen) atoms. The third-order valence-corrected chi connectivity index (χ3v) is 3.75. The minimum atomic E-state index is -0.121. The van der Waals surface area contributed by atoms with Crippen LogP contribution in [0.5, 0.6) is 0 Å². The van der Waals surface area contributed by atoms with Crippen molar-refractivity contribution in [2.45, 2.75) is 38.9 Å². The molecule has 1 unspecified atom stereocenters. The number of hydrogen-bond acceptors (Lipinski definition) is 2. The molecule has 3 heteroatoms. The van der Waals surface area contributed by atoms with E-state index in [2.05, 4.69) is 61.0 Å². The van der Waals surface area contributed by atoms with Gasteiger partial charge in [-0.15, -0.1) is 0 Å².